The van der Waals surface area contributed by atoms with Crippen molar-refractivity contribution in [3.05, 3.63) is 18.0 Å². The van der Waals surface area contributed by atoms with Gasteiger partial charge in [0, 0.05) is 43.0 Å². The lowest BCUT2D eigenvalue weighted by molar-refractivity contribution is 0.199. The average molecular weight is 266 g/mol. The van der Waals surface area contributed by atoms with Crippen LogP contribution >= 0.6 is 0 Å². The lowest BCUT2D eigenvalue weighted by Gasteiger charge is -2.25. The molecule has 0 spiro atoms. The molecular formula is C14H26N4O. The van der Waals surface area contributed by atoms with Crippen molar-refractivity contribution in [3.63, 3.8) is 0 Å². The van der Waals surface area contributed by atoms with Gasteiger partial charge >= 0.3 is 0 Å². The molecule has 0 aromatic carbocycles. The van der Waals surface area contributed by atoms with Crippen LogP contribution in [0.15, 0.2) is 12.4 Å². The van der Waals surface area contributed by atoms with E-state index in [4.69, 9.17) is 5.73 Å². The topological polar surface area (TPSA) is 76.1 Å². The summed E-state index contributed by atoms with van der Waals surface area (Å²) in [5.41, 5.74) is 7.03. The highest BCUT2D eigenvalue weighted by Gasteiger charge is 2.28. The van der Waals surface area contributed by atoms with E-state index >= 15 is 0 Å². The monoisotopic (exact) mass is 266 g/mol. The van der Waals surface area contributed by atoms with Gasteiger partial charge in [-0.15, -0.1) is 0 Å². The van der Waals surface area contributed by atoms with E-state index in [9.17, 15) is 5.11 Å². The van der Waals surface area contributed by atoms with E-state index in [2.05, 4.69) is 30.5 Å². The zero-order valence-electron chi connectivity index (χ0n) is 11.9. The van der Waals surface area contributed by atoms with E-state index < -0.39 is 0 Å². The second kappa shape index (κ2) is 6.50. The number of nitrogens with two attached hydrogens (primary N) is 1. The third kappa shape index (κ3) is 3.35. The van der Waals surface area contributed by atoms with Crippen LogP contribution in [0.3, 0.4) is 0 Å². The Labute approximate surface area is 115 Å². The van der Waals surface area contributed by atoms with E-state index in [0.717, 1.165) is 18.4 Å². The van der Waals surface area contributed by atoms with Gasteiger partial charge in [0.05, 0.1) is 6.20 Å². The Kier molecular flexibility index (Phi) is 4.96. The summed E-state index contributed by atoms with van der Waals surface area (Å²) in [7, 11) is 0. The van der Waals surface area contributed by atoms with Gasteiger partial charge in [-0.2, -0.15) is 5.10 Å². The van der Waals surface area contributed by atoms with E-state index in [0.29, 0.717) is 24.5 Å². The van der Waals surface area contributed by atoms with Crippen molar-refractivity contribution in [1.29, 1.82) is 0 Å². The smallest absolute Gasteiger partial charge is 0.0538 e. The molecule has 3 atom stereocenters. The summed E-state index contributed by atoms with van der Waals surface area (Å²) in [6.45, 7) is 5.04. The fourth-order valence-electron chi connectivity index (χ4n) is 2.85. The number of nitrogens with one attached hydrogen (secondary N) is 1. The van der Waals surface area contributed by atoms with Crippen LogP contribution < -0.4 is 11.1 Å². The van der Waals surface area contributed by atoms with Gasteiger partial charge < -0.3 is 16.2 Å². The molecule has 3 unspecified atom stereocenters. The highest BCUT2D eigenvalue weighted by Crippen LogP contribution is 2.27. The van der Waals surface area contributed by atoms with Crippen LogP contribution in [0.25, 0.3) is 0 Å². The van der Waals surface area contributed by atoms with Crippen LogP contribution in [-0.4, -0.2) is 34.1 Å². The number of aliphatic hydroxyl groups is 1. The molecule has 1 aliphatic carbocycles. The molecule has 1 aromatic rings. The average Bonchev–Trinajstić information content (AvgIpc) is 3.04. The molecular weight excluding hydrogens is 240 g/mol. The first-order valence-corrected chi connectivity index (χ1v) is 7.26. The lowest BCUT2D eigenvalue weighted by atomic mass is 10.0. The van der Waals surface area contributed by atoms with Gasteiger partial charge in [0.25, 0.3) is 0 Å². The van der Waals surface area contributed by atoms with E-state index in [1.54, 1.807) is 0 Å². The molecule has 0 saturated heterocycles. The second-order valence-electron chi connectivity index (χ2n) is 5.78. The number of rotatable bonds is 6. The Morgan fingerprint density at radius 3 is 2.89 bits per heavy atom. The molecule has 1 saturated carbocycles. The van der Waals surface area contributed by atoms with Gasteiger partial charge in [-0.05, 0) is 32.6 Å². The van der Waals surface area contributed by atoms with Crippen molar-refractivity contribution in [3.8, 4) is 0 Å². The highest BCUT2D eigenvalue weighted by molar-refractivity contribution is 5.12. The fraction of sp³-hybridized carbons (Fsp3) is 0.786. The summed E-state index contributed by atoms with van der Waals surface area (Å²) >= 11 is 0. The van der Waals surface area contributed by atoms with Gasteiger partial charge in [0.1, 0.15) is 0 Å². The number of aliphatic hydroxyl groups excluding tert-OH is 1. The highest BCUT2D eigenvalue weighted by atomic mass is 16.3. The van der Waals surface area contributed by atoms with Crippen molar-refractivity contribution < 1.29 is 5.11 Å². The molecule has 1 aliphatic rings. The SMILES string of the molecule is CC(C)n1cc(C(CN)NC2CCCC2CO)cn1. The molecule has 0 bridgehead atoms. The predicted molar refractivity (Wildman–Crippen MR) is 75.8 cm³/mol. The zero-order chi connectivity index (χ0) is 13.8. The summed E-state index contributed by atoms with van der Waals surface area (Å²) in [5.74, 6) is 0.370. The first-order chi connectivity index (χ1) is 9.15. The Hall–Kier alpha value is -0.910. The van der Waals surface area contributed by atoms with E-state index in [1.165, 1.54) is 6.42 Å². The first kappa shape index (κ1) is 14.5. The molecule has 1 heterocycles. The predicted octanol–water partition coefficient (Wildman–Crippen LogP) is 1.21. The van der Waals surface area contributed by atoms with Crippen molar-refractivity contribution in [2.75, 3.05) is 13.2 Å². The summed E-state index contributed by atoms with van der Waals surface area (Å²) in [4.78, 5) is 0. The molecule has 5 heteroatoms. The summed E-state index contributed by atoms with van der Waals surface area (Å²) in [6, 6.07) is 0.870. The summed E-state index contributed by atoms with van der Waals surface area (Å²) < 4.78 is 1.96. The maximum Gasteiger partial charge on any atom is 0.0538 e. The van der Waals surface area contributed by atoms with Crippen LogP contribution in [0.1, 0.15) is 50.8 Å². The molecule has 4 N–H and O–H groups in total. The van der Waals surface area contributed by atoms with Crippen molar-refractivity contribution in [2.45, 2.75) is 51.2 Å². The molecule has 1 fully saturated rings. The van der Waals surface area contributed by atoms with Crippen LogP contribution in [0, 0.1) is 5.92 Å². The van der Waals surface area contributed by atoms with Crippen molar-refractivity contribution in [2.24, 2.45) is 11.7 Å². The second-order valence-corrected chi connectivity index (χ2v) is 5.78. The number of hydrogen-bond donors (Lipinski definition) is 3. The minimum absolute atomic E-state index is 0.129. The summed E-state index contributed by atoms with van der Waals surface area (Å²) in [6.07, 6.45) is 7.38. The molecule has 2 rings (SSSR count). The Balaban J connectivity index is 2.02. The largest absolute Gasteiger partial charge is 0.396 e. The van der Waals surface area contributed by atoms with E-state index in [-0.39, 0.29) is 12.6 Å². The number of aromatic nitrogens is 2. The van der Waals surface area contributed by atoms with Gasteiger partial charge in [-0.25, -0.2) is 0 Å². The van der Waals surface area contributed by atoms with Gasteiger partial charge in [0.2, 0.25) is 0 Å². The lowest BCUT2D eigenvalue weighted by Crippen LogP contribution is -2.39. The first-order valence-electron chi connectivity index (χ1n) is 7.26. The third-order valence-corrected chi connectivity index (χ3v) is 4.10. The standard InChI is InChI=1S/C14H26N4O/c1-10(2)18-8-12(7-16-18)14(6-15)17-13-5-3-4-11(13)9-19/h7-8,10-11,13-14,17,19H,3-6,9,15H2,1-2H3. The van der Waals surface area contributed by atoms with Crippen molar-refractivity contribution >= 4 is 0 Å². The molecule has 5 nitrogen and oxygen atoms in total. The molecule has 0 radical (unpaired) electrons. The van der Waals surface area contributed by atoms with Crippen LogP contribution in [0.4, 0.5) is 0 Å². The number of nitrogens with zero attached hydrogens (tertiary/aromatic N) is 2. The molecule has 0 aliphatic heterocycles. The van der Waals surface area contributed by atoms with Crippen LogP contribution in [0.5, 0.6) is 0 Å². The Bertz CT molecular complexity index is 391. The zero-order valence-corrected chi connectivity index (χ0v) is 11.9. The summed E-state index contributed by atoms with van der Waals surface area (Å²) in [5, 5.41) is 17.3. The Morgan fingerprint density at radius 2 is 2.32 bits per heavy atom. The van der Waals surface area contributed by atoms with Crippen LogP contribution in [0.2, 0.25) is 0 Å². The van der Waals surface area contributed by atoms with Crippen LogP contribution in [-0.2, 0) is 0 Å². The van der Waals surface area contributed by atoms with E-state index in [1.807, 2.05) is 10.9 Å². The maximum absolute atomic E-state index is 9.38. The van der Waals surface area contributed by atoms with Gasteiger partial charge in [-0.1, -0.05) is 6.42 Å². The molecule has 0 amide bonds. The van der Waals surface area contributed by atoms with Gasteiger partial charge in [0.15, 0.2) is 0 Å². The van der Waals surface area contributed by atoms with Gasteiger partial charge in [-0.3, -0.25) is 4.68 Å². The fourth-order valence-corrected chi connectivity index (χ4v) is 2.85. The minimum Gasteiger partial charge on any atom is -0.396 e. The molecule has 108 valence electrons. The van der Waals surface area contributed by atoms with Crippen molar-refractivity contribution in [1.82, 2.24) is 15.1 Å². The molecule has 19 heavy (non-hydrogen) atoms. The Morgan fingerprint density at radius 1 is 1.53 bits per heavy atom. The number of hydrogen-bond acceptors (Lipinski definition) is 4. The minimum atomic E-state index is 0.129. The normalized spacial score (nSPS) is 25.1. The third-order valence-electron chi connectivity index (χ3n) is 4.10. The molecule has 1 aromatic heterocycles. The quantitative estimate of drug-likeness (QED) is 0.723. The maximum atomic E-state index is 9.38.